The molecule has 6 heteroatoms. The number of ether oxygens (including phenoxy) is 1. The highest BCUT2D eigenvalue weighted by Crippen LogP contribution is 2.19. The summed E-state index contributed by atoms with van der Waals surface area (Å²) in [5.74, 6) is 1.53. The normalized spacial score (nSPS) is 15.1. The van der Waals surface area contributed by atoms with Crippen molar-refractivity contribution in [2.75, 3.05) is 32.1 Å². The maximum Gasteiger partial charge on any atom is 0.255 e. The van der Waals surface area contributed by atoms with Gasteiger partial charge in [0.15, 0.2) is 0 Å². The number of aryl methyl sites for hydroxylation is 1. The van der Waals surface area contributed by atoms with Crippen LogP contribution in [0.4, 0.5) is 5.82 Å². The highest BCUT2D eigenvalue weighted by molar-refractivity contribution is 5.94. The fourth-order valence-corrected chi connectivity index (χ4v) is 2.89. The van der Waals surface area contributed by atoms with Crippen LogP contribution < -0.4 is 9.64 Å². The van der Waals surface area contributed by atoms with Gasteiger partial charge in [-0.15, -0.1) is 0 Å². The molecule has 0 aromatic carbocycles. The van der Waals surface area contributed by atoms with Crippen molar-refractivity contribution in [2.24, 2.45) is 0 Å². The maximum atomic E-state index is 12.6. The molecule has 25 heavy (non-hydrogen) atoms. The molecule has 1 fully saturated rings. The summed E-state index contributed by atoms with van der Waals surface area (Å²) in [4.78, 5) is 25.1. The van der Waals surface area contributed by atoms with E-state index in [9.17, 15) is 4.79 Å². The smallest absolute Gasteiger partial charge is 0.255 e. The van der Waals surface area contributed by atoms with Gasteiger partial charge in [0.2, 0.25) is 5.88 Å². The average Bonchev–Trinajstić information content (AvgIpc) is 2.62. The van der Waals surface area contributed by atoms with E-state index in [1.807, 2.05) is 61.2 Å². The average molecular weight is 340 g/mol. The first-order valence-electron chi connectivity index (χ1n) is 8.56. The molecule has 1 aliphatic rings. The Kier molecular flexibility index (Phi) is 5.16. The van der Waals surface area contributed by atoms with E-state index in [0.717, 1.165) is 24.4 Å². The Morgan fingerprint density at radius 2 is 1.96 bits per heavy atom. The summed E-state index contributed by atoms with van der Waals surface area (Å²) in [6, 6.07) is 9.48. The first-order chi connectivity index (χ1) is 12.0. The molecular weight excluding hydrogens is 316 g/mol. The van der Waals surface area contributed by atoms with Crippen LogP contribution in [-0.2, 0) is 0 Å². The molecular formula is C19H24N4O2. The van der Waals surface area contributed by atoms with Crippen molar-refractivity contribution < 1.29 is 9.53 Å². The quantitative estimate of drug-likeness (QED) is 0.856. The predicted octanol–water partition coefficient (Wildman–Crippen LogP) is 2.53. The van der Waals surface area contributed by atoms with E-state index in [-0.39, 0.29) is 12.0 Å². The zero-order chi connectivity index (χ0) is 17.8. The Bertz CT molecular complexity index is 722. The SMILES string of the molecule is Cc1cccc(OC2CCN(C(=O)c3ccc(N(C)C)nc3)CC2)n1. The molecule has 1 saturated heterocycles. The monoisotopic (exact) mass is 340 g/mol. The molecule has 0 saturated carbocycles. The number of aromatic nitrogens is 2. The molecule has 0 N–H and O–H groups in total. The molecule has 1 aliphatic heterocycles. The Balaban J connectivity index is 1.55. The van der Waals surface area contributed by atoms with Gasteiger partial charge < -0.3 is 14.5 Å². The number of nitrogens with zero attached hydrogens (tertiary/aromatic N) is 4. The highest BCUT2D eigenvalue weighted by Gasteiger charge is 2.25. The lowest BCUT2D eigenvalue weighted by molar-refractivity contribution is 0.0587. The van der Waals surface area contributed by atoms with Gasteiger partial charge in [0.05, 0.1) is 5.56 Å². The van der Waals surface area contributed by atoms with Crippen LogP contribution in [-0.4, -0.2) is 54.1 Å². The standard InChI is InChI=1S/C19H24N4O2/c1-14-5-4-6-18(21-14)25-16-9-11-23(12-10-16)19(24)15-7-8-17(20-13-15)22(2)3/h4-8,13,16H,9-12H2,1-3H3. The molecule has 1 amide bonds. The number of carbonyl (C=O) groups is 1. The predicted molar refractivity (Wildman–Crippen MR) is 97.1 cm³/mol. The van der Waals surface area contributed by atoms with Crippen LogP contribution in [0.15, 0.2) is 36.5 Å². The third-order valence-corrected chi connectivity index (χ3v) is 4.33. The molecule has 0 spiro atoms. The van der Waals surface area contributed by atoms with Crippen molar-refractivity contribution in [2.45, 2.75) is 25.9 Å². The van der Waals surface area contributed by atoms with Gasteiger partial charge in [0.1, 0.15) is 11.9 Å². The topological polar surface area (TPSA) is 58.6 Å². The summed E-state index contributed by atoms with van der Waals surface area (Å²) in [5.41, 5.74) is 1.57. The first-order valence-corrected chi connectivity index (χ1v) is 8.56. The molecule has 2 aromatic heterocycles. The van der Waals surface area contributed by atoms with E-state index in [1.165, 1.54) is 0 Å². The van der Waals surface area contributed by atoms with Gasteiger partial charge >= 0.3 is 0 Å². The summed E-state index contributed by atoms with van der Waals surface area (Å²) in [6.45, 7) is 3.32. The Hall–Kier alpha value is -2.63. The number of likely N-dealkylation sites (tertiary alicyclic amines) is 1. The Morgan fingerprint density at radius 1 is 1.20 bits per heavy atom. The number of anilines is 1. The number of amides is 1. The number of hydrogen-bond acceptors (Lipinski definition) is 5. The van der Waals surface area contributed by atoms with E-state index in [0.29, 0.717) is 24.5 Å². The van der Waals surface area contributed by atoms with Crippen molar-refractivity contribution in [3.8, 4) is 5.88 Å². The van der Waals surface area contributed by atoms with Crippen LogP contribution in [0.25, 0.3) is 0 Å². The fourth-order valence-electron chi connectivity index (χ4n) is 2.89. The van der Waals surface area contributed by atoms with E-state index in [4.69, 9.17) is 4.74 Å². The number of carbonyl (C=O) groups excluding carboxylic acids is 1. The van der Waals surface area contributed by atoms with Crippen LogP contribution >= 0.6 is 0 Å². The molecule has 6 nitrogen and oxygen atoms in total. The summed E-state index contributed by atoms with van der Waals surface area (Å²) in [6.07, 6.45) is 3.37. The summed E-state index contributed by atoms with van der Waals surface area (Å²) < 4.78 is 5.95. The molecule has 0 unspecified atom stereocenters. The summed E-state index contributed by atoms with van der Waals surface area (Å²) in [7, 11) is 3.86. The van der Waals surface area contributed by atoms with E-state index in [2.05, 4.69) is 9.97 Å². The lowest BCUT2D eigenvalue weighted by Crippen LogP contribution is -2.41. The van der Waals surface area contributed by atoms with Crippen molar-refractivity contribution in [1.29, 1.82) is 0 Å². The number of piperidine rings is 1. The fraction of sp³-hybridized carbons (Fsp3) is 0.421. The summed E-state index contributed by atoms with van der Waals surface area (Å²) >= 11 is 0. The largest absolute Gasteiger partial charge is 0.474 e. The third kappa shape index (κ3) is 4.26. The lowest BCUT2D eigenvalue weighted by Gasteiger charge is -2.32. The minimum atomic E-state index is 0.0323. The van der Waals surface area contributed by atoms with E-state index < -0.39 is 0 Å². The molecule has 0 radical (unpaired) electrons. The second-order valence-electron chi connectivity index (χ2n) is 6.53. The van der Waals surface area contributed by atoms with E-state index >= 15 is 0 Å². The van der Waals surface area contributed by atoms with Crippen molar-refractivity contribution >= 4 is 11.7 Å². The number of rotatable bonds is 4. The van der Waals surface area contributed by atoms with Gasteiger partial charge in [-0.25, -0.2) is 9.97 Å². The second-order valence-corrected chi connectivity index (χ2v) is 6.53. The van der Waals surface area contributed by atoms with Crippen LogP contribution in [0.2, 0.25) is 0 Å². The van der Waals surface area contributed by atoms with Crippen molar-refractivity contribution in [3.63, 3.8) is 0 Å². The van der Waals surface area contributed by atoms with Crippen molar-refractivity contribution in [3.05, 3.63) is 47.8 Å². The van der Waals surface area contributed by atoms with Crippen LogP contribution in [0, 0.1) is 6.92 Å². The van der Waals surface area contributed by atoms with Crippen LogP contribution in [0.5, 0.6) is 5.88 Å². The van der Waals surface area contributed by atoms with Gasteiger partial charge in [0.25, 0.3) is 5.91 Å². The first kappa shape index (κ1) is 17.2. The van der Waals surface area contributed by atoms with Gasteiger partial charge in [-0.2, -0.15) is 0 Å². The zero-order valence-corrected chi connectivity index (χ0v) is 15.0. The van der Waals surface area contributed by atoms with Gasteiger partial charge in [-0.1, -0.05) is 6.07 Å². The summed E-state index contributed by atoms with van der Waals surface area (Å²) in [5, 5.41) is 0. The zero-order valence-electron chi connectivity index (χ0n) is 15.0. The lowest BCUT2D eigenvalue weighted by atomic mass is 10.1. The van der Waals surface area contributed by atoms with E-state index in [1.54, 1.807) is 6.20 Å². The van der Waals surface area contributed by atoms with Crippen LogP contribution in [0.3, 0.4) is 0 Å². The minimum Gasteiger partial charge on any atom is -0.474 e. The molecule has 132 valence electrons. The molecule has 0 aliphatic carbocycles. The molecule has 3 heterocycles. The molecule has 2 aromatic rings. The van der Waals surface area contributed by atoms with Gasteiger partial charge in [-0.05, 0) is 25.1 Å². The maximum absolute atomic E-state index is 12.6. The Morgan fingerprint density at radius 3 is 2.56 bits per heavy atom. The molecule has 3 rings (SSSR count). The number of pyridine rings is 2. The van der Waals surface area contributed by atoms with Gasteiger partial charge in [-0.3, -0.25) is 4.79 Å². The molecule has 0 bridgehead atoms. The number of hydrogen-bond donors (Lipinski definition) is 0. The minimum absolute atomic E-state index is 0.0323. The van der Waals surface area contributed by atoms with Crippen molar-refractivity contribution in [1.82, 2.24) is 14.9 Å². The third-order valence-electron chi connectivity index (χ3n) is 4.33. The van der Waals surface area contributed by atoms with Gasteiger partial charge in [0, 0.05) is 58.0 Å². The highest BCUT2D eigenvalue weighted by atomic mass is 16.5. The Labute approximate surface area is 148 Å². The second kappa shape index (κ2) is 7.51. The molecule has 0 atom stereocenters. The van der Waals surface area contributed by atoms with Crippen LogP contribution in [0.1, 0.15) is 28.9 Å².